The van der Waals surface area contributed by atoms with Crippen molar-refractivity contribution in [2.45, 2.75) is 13.5 Å². The first-order valence-electron chi connectivity index (χ1n) is 10.1. The SMILES string of the molecule is Cc1c(CN2CCSCC2)cccc1NC(=O)c1ccccc1-c1ccccc1. The number of rotatable bonds is 5. The average molecular weight is 403 g/mol. The summed E-state index contributed by atoms with van der Waals surface area (Å²) in [7, 11) is 0. The highest BCUT2D eigenvalue weighted by atomic mass is 32.2. The van der Waals surface area contributed by atoms with Crippen molar-refractivity contribution in [1.82, 2.24) is 4.90 Å². The molecule has 1 heterocycles. The van der Waals surface area contributed by atoms with Gasteiger partial charge in [-0.2, -0.15) is 11.8 Å². The molecule has 0 unspecified atom stereocenters. The molecule has 4 heteroatoms. The fourth-order valence-corrected chi connectivity index (χ4v) is 4.71. The van der Waals surface area contributed by atoms with Gasteiger partial charge in [0.2, 0.25) is 0 Å². The van der Waals surface area contributed by atoms with Gasteiger partial charge in [-0.3, -0.25) is 9.69 Å². The van der Waals surface area contributed by atoms with Gasteiger partial charge in [-0.05, 0) is 41.3 Å². The molecular formula is C25H26N2OS. The molecule has 1 fully saturated rings. The largest absolute Gasteiger partial charge is 0.322 e. The Morgan fingerprint density at radius 3 is 2.45 bits per heavy atom. The van der Waals surface area contributed by atoms with E-state index in [9.17, 15) is 4.79 Å². The van der Waals surface area contributed by atoms with Crippen LogP contribution >= 0.6 is 11.8 Å². The van der Waals surface area contributed by atoms with Crippen molar-refractivity contribution in [3.63, 3.8) is 0 Å². The van der Waals surface area contributed by atoms with Crippen molar-refractivity contribution >= 4 is 23.4 Å². The Morgan fingerprint density at radius 2 is 1.66 bits per heavy atom. The van der Waals surface area contributed by atoms with Crippen molar-refractivity contribution in [3.8, 4) is 11.1 Å². The molecule has 0 radical (unpaired) electrons. The fourth-order valence-electron chi connectivity index (χ4n) is 3.73. The van der Waals surface area contributed by atoms with Gasteiger partial charge in [0.15, 0.2) is 0 Å². The van der Waals surface area contributed by atoms with E-state index >= 15 is 0 Å². The van der Waals surface area contributed by atoms with Gasteiger partial charge in [-0.25, -0.2) is 0 Å². The minimum atomic E-state index is -0.0703. The molecule has 1 amide bonds. The Bertz CT molecular complexity index is 981. The normalized spacial score (nSPS) is 14.5. The number of thioether (sulfide) groups is 1. The molecule has 4 rings (SSSR count). The number of hydrogen-bond donors (Lipinski definition) is 1. The molecule has 0 aliphatic carbocycles. The molecule has 3 nitrogen and oxygen atoms in total. The van der Waals surface area contributed by atoms with E-state index in [1.807, 2.05) is 78.5 Å². The maximum absolute atomic E-state index is 13.1. The fraction of sp³-hybridized carbons (Fsp3) is 0.240. The molecule has 0 atom stereocenters. The van der Waals surface area contributed by atoms with Gasteiger partial charge in [0, 0.05) is 42.4 Å². The van der Waals surface area contributed by atoms with E-state index in [1.165, 1.54) is 17.1 Å². The Balaban J connectivity index is 1.56. The monoisotopic (exact) mass is 402 g/mol. The van der Waals surface area contributed by atoms with Crippen LogP contribution in [0, 0.1) is 6.92 Å². The summed E-state index contributed by atoms with van der Waals surface area (Å²) in [5.74, 6) is 2.33. The molecule has 1 N–H and O–H groups in total. The standard InChI is InChI=1S/C25H26N2OS/c1-19-21(18-27-14-16-29-17-15-27)10-7-13-24(19)26-25(28)23-12-6-5-11-22(23)20-8-3-2-4-9-20/h2-13H,14-18H2,1H3,(H,26,28). The van der Waals surface area contributed by atoms with E-state index in [-0.39, 0.29) is 5.91 Å². The molecule has 0 aromatic heterocycles. The Hall–Kier alpha value is -2.56. The minimum absolute atomic E-state index is 0.0703. The second-order valence-corrected chi connectivity index (χ2v) is 8.57. The molecular weight excluding hydrogens is 376 g/mol. The second-order valence-electron chi connectivity index (χ2n) is 7.34. The molecule has 1 saturated heterocycles. The van der Waals surface area contributed by atoms with Gasteiger partial charge in [0.05, 0.1) is 0 Å². The highest BCUT2D eigenvalue weighted by Crippen LogP contribution is 2.26. The topological polar surface area (TPSA) is 32.3 Å². The van der Waals surface area contributed by atoms with Crippen molar-refractivity contribution in [2.75, 3.05) is 29.9 Å². The second kappa shape index (κ2) is 9.29. The maximum atomic E-state index is 13.1. The van der Waals surface area contributed by atoms with Gasteiger partial charge in [-0.1, -0.05) is 60.7 Å². The van der Waals surface area contributed by atoms with E-state index in [2.05, 4.69) is 23.2 Å². The third-order valence-electron chi connectivity index (χ3n) is 5.45. The molecule has 3 aromatic carbocycles. The number of anilines is 1. The van der Waals surface area contributed by atoms with Crippen molar-refractivity contribution in [1.29, 1.82) is 0 Å². The van der Waals surface area contributed by atoms with Crippen LogP contribution in [-0.4, -0.2) is 35.4 Å². The highest BCUT2D eigenvalue weighted by molar-refractivity contribution is 7.99. The maximum Gasteiger partial charge on any atom is 0.256 e. The van der Waals surface area contributed by atoms with Gasteiger partial charge in [0.1, 0.15) is 0 Å². The molecule has 0 bridgehead atoms. The zero-order chi connectivity index (χ0) is 20.1. The number of nitrogens with zero attached hydrogens (tertiary/aromatic N) is 1. The number of amides is 1. The number of benzene rings is 3. The van der Waals surface area contributed by atoms with Gasteiger partial charge in [0.25, 0.3) is 5.91 Å². The lowest BCUT2D eigenvalue weighted by atomic mass is 9.99. The summed E-state index contributed by atoms with van der Waals surface area (Å²) in [5.41, 5.74) is 6.01. The lowest BCUT2D eigenvalue weighted by Crippen LogP contribution is -2.32. The summed E-state index contributed by atoms with van der Waals surface area (Å²) in [6.07, 6.45) is 0. The first-order valence-corrected chi connectivity index (χ1v) is 11.2. The van der Waals surface area contributed by atoms with Crippen LogP contribution in [0.15, 0.2) is 72.8 Å². The van der Waals surface area contributed by atoms with Gasteiger partial charge < -0.3 is 5.32 Å². The molecule has 0 spiro atoms. The predicted molar refractivity (Wildman–Crippen MR) is 124 cm³/mol. The summed E-state index contributed by atoms with van der Waals surface area (Å²) in [5, 5.41) is 3.15. The van der Waals surface area contributed by atoms with Crippen molar-refractivity contribution < 1.29 is 4.79 Å². The van der Waals surface area contributed by atoms with Gasteiger partial charge in [-0.15, -0.1) is 0 Å². The van der Waals surface area contributed by atoms with Crippen LogP contribution in [0.5, 0.6) is 0 Å². The van der Waals surface area contributed by atoms with E-state index in [0.717, 1.165) is 42.0 Å². The smallest absolute Gasteiger partial charge is 0.256 e. The van der Waals surface area contributed by atoms with Crippen LogP contribution < -0.4 is 5.32 Å². The van der Waals surface area contributed by atoms with E-state index < -0.39 is 0 Å². The summed E-state index contributed by atoms with van der Waals surface area (Å²) in [6, 6.07) is 24.0. The minimum Gasteiger partial charge on any atom is -0.322 e. The predicted octanol–water partition coefficient (Wildman–Crippen LogP) is 5.46. The number of nitrogens with one attached hydrogen (secondary N) is 1. The highest BCUT2D eigenvalue weighted by Gasteiger charge is 2.16. The van der Waals surface area contributed by atoms with Gasteiger partial charge >= 0.3 is 0 Å². The Morgan fingerprint density at radius 1 is 0.931 bits per heavy atom. The number of carbonyl (C=O) groups is 1. The van der Waals surface area contributed by atoms with Crippen LogP contribution in [0.4, 0.5) is 5.69 Å². The van der Waals surface area contributed by atoms with Crippen LogP contribution in [0.2, 0.25) is 0 Å². The first-order chi connectivity index (χ1) is 14.2. The molecule has 1 aliphatic rings. The van der Waals surface area contributed by atoms with E-state index in [4.69, 9.17) is 0 Å². The molecule has 3 aromatic rings. The van der Waals surface area contributed by atoms with Crippen molar-refractivity contribution in [2.24, 2.45) is 0 Å². The van der Waals surface area contributed by atoms with Crippen LogP contribution in [0.1, 0.15) is 21.5 Å². The molecule has 148 valence electrons. The van der Waals surface area contributed by atoms with Crippen molar-refractivity contribution in [3.05, 3.63) is 89.5 Å². The first kappa shape index (κ1) is 19.7. The number of carbonyl (C=O) groups excluding carboxylic acids is 1. The lowest BCUT2D eigenvalue weighted by molar-refractivity contribution is 0.102. The quantitative estimate of drug-likeness (QED) is 0.615. The lowest BCUT2D eigenvalue weighted by Gasteiger charge is -2.27. The van der Waals surface area contributed by atoms with Crippen LogP contribution in [-0.2, 0) is 6.54 Å². The molecule has 29 heavy (non-hydrogen) atoms. The van der Waals surface area contributed by atoms with E-state index in [0.29, 0.717) is 5.56 Å². The van der Waals surface area contributed by atoms with E-state index in [1.54, 1.807) is 0 Å². The average Bonchev–Trinajstić information content (AvgIpc) is 2.78. The number of hydrogen-bond acceptors (Lipinski definition) is 3. The zero-order valence-electron chi connectivity index (χ0n) is 16.7. The summed E-state index contributed by atoms with van der Waals surface area (Å²) in [4.78, 5) is 15.6. The molecule has 1 aliphatic heterocycles. The summed E-state index contributed by atoms with van der Waals surface area (Å²) in [6.45, 7) is 5.31. The Labute approximate surface area is 177 Å². The summed E-state index contributed by atoms with van der Waals surface area (Å²) >= 11 is 2.02. The third-order valence-corrected chi connectivity index (χ3v) is 6.39. The third kappa shape index (κ3) is 4.72. The van der Waals surface area contributed by atoms with Crippen LogP contribution in [0.3, 0.4) is 0 Å². The van der Waals surface area contributed by atoms with Crippen LogP contribution in [0.25, 0.3) is 11.1 Å². The Kier molecular flexibility index (Phi) is 6.33. The summed E-state index contributed by atoms with van der Waals surface area (Å²) < 4.78 is 0. The molecule has 0 saturated carbocycles. The zero-order valence-corrected chi connectivity index (χ0v) is 17.5.